The van der Waals surface area contributed by atoms with Gasteiger partial charge in [-0.05, 0) is 11.6 Å². The Balaban J connectivity index is 1.81. The fourth-order valence-corrected chi connectivity index (χ4v) is 2.24. The molecule has 0 aliphatic carbocycles. The standard InChI is InChI=1S/C17H16N4/c18-19-16(13-7-3-1-4-8-13)11-15-12-17(21-20-15)14-9-5-2-6-10-14/h1-10,12H,11,18H2,(H,20,21)/b19-16+. The minimum Gasteiger partial charge on any atom is -0.323 e. The molecule has 4 heteroatoms. The third kappa shape index (κ3) is 3.00. The molecule has 2 aromatic carbocycles. The quantitative estimate of drug-likeness (QED) is 0.437. The van der Waals surface area contributed by atoms with Crippen molar-refractivity contribution in [1.29, 1.82) is 0 Å². The van der Waals surface area contributed by atoms with Crippen molar-refractivity contribution in [2.24, 2.45) is 10.9 Å². The van der Waals surface area contributed by atoms with Crippen LogP contribution in [0.25, 0.3) is 11.3 Å². The van der Waals surface area contributed by atoms with Crippen LogP contribution in [-0.4, -0.2) is 15.9 Å². The minimum absolute atomic E-state index is 0.625. The van der Waals surface area contributed by atoms with Crippen molar-refractivity contribution in [3.05, 3.63) is 78.0 Å². The second-order valence-corrected chi connectivity index (χ2v) is 4.76. The summed E-state index contributed by atoms with van der Waals surface area (Å²) in [6, 6.07) is 22.0. The number of hydrazone groups is 1. The largest absolute Gasteiger partial charge is 0.323 e. The van der Waals surface area contributed by atoms with Crippen molar-refractivity contribution < 1.29 is 0 Å². The van der Waals surface area contributed by atoms with Gasteiger partial charge in [-0.1, -0.05) is 60.7 Å². The summed E-state index contributed by atoms with van der Waals surface area (Å²) in [6.45, 7) is 0. The molecule has 0 atom stereocenters. The summed E-state index contributed by atoms with van der Waals surface area (Å²) in [5.74, 6) is 5.52. The average Bonchev–Trinajstić information content (AvgIpc) is 3.03. The second-order valence-electron chi connectivity index (χ2n) is 4.76. The number of aromatic nitrogens is 2. The Morgan fingerprint density at radius 2 is 1.67 bits per heavy atom. The van der Waals surface area contributed by atoms with Gasteiger partial charge in [-0.15, -0.1) is 0 Å². The van der Waals surface area contributed by atoms with E-state index in [2.05, 4.69) is 15.3 Å². The molecule has 0 fully saturated rings. The maximum absolute atomic E-state index is 5.52. The van der Waals surface area contributed by atoms with E-state index in [9.17, 15) is 0 Å². The third-order valence-corrected chi connectivity index (χ3v) is 3.32. The molecule has 0 radical (unpaired) electrons. The van der Waals surface area contributed by atoms with E-state index in [0.717, 1.165) is 28.2 Å². The maximum atomic E-state index is 5.52. The molecule has 0 aliphatic heterocycles. The van der Waals surface area contributed by atoms with Crippen molar-refractivity contribution in [1.82, 2.24) is 10.2 Å². The highest BCUT2D eigenvalue weighted by atomic mass is 15.1. The van der Waals surface area contributed by atoms with Crippen LogP contribution in [0.5, 0.6) is 0 Å². The van der Waals surface area contributed by atoms with Crippen molar-refractivity contribution in [3.63, 3.8) is 0 Å². The Bertz CT molecular complexity index is 730. The maximum Gasteiger partial charge on any atom is 0.0923 e. The van der Waals surface area contributed by atoms with E-state index in [1.807, 2.05) is 66.7 Å². The van der Waals surface area contributed by atoms with Crippen molar-refractivity contribution in [3.8, 4) is 11.3 Å². The van der Waals surface area contributed by atoms with Gasteiger partial charge in [-0.3, -0.25) is 5.10 Å². The highest BCUT2D eigenvalue weighted by molar-refractivity contribution is 6.01. The summed E-state index contributed by atoms with van der Waals surface area (Å²) >= 11 is 0. The summed E-state index contributed by atoms with van der Waals surface area (Å²) < 4.78 is 0. The molecule has 0 unspecified atom stereocenters. The van der Waals surface area contributed by atoms with Crippen molar-refractivity contribution in [2.75, 3.05) is 0 Å². The predicted molar refractivity (Wildman–Crippen MR) is 84.9 cm³/mol. The van der Waals surface area contributed by atoms with Gasteiger partial charge in [-0.25, -0.2) is 0 Å². The van der Waals surface area contributed by atoms with Crippen molar-refractivity contribution in [2.45, 2.75) is 6.42 Å². The molecule has 0 bridgehead atoms. The van der Waals surface area contributed by atoms with Crippen LogP contribution in [0.2, 0.25) is 0 Å². The lowest BCUT2D eigenvalue weighted by molar-refractivity contribution is 1.02. The Kier molecular flexibility index (Phi) is 3.78. The molecule has 0 amide bonds. The normalized spacial score (nSPS) is 11.5. The lowest BCUT2D eigenvalue weighted by Crippen LogP contribution is -2.08. The molecule has 0 spiro atoms. The number of aromatic amines is 1. The zero-order valence-corrected chi connectivity index (χ0v) is 11.5. The van der Waals surface area contributed by atoms with Gasteiger partial charge in [-0.2, -0.15) is 10.2 Å². The molecule has 0 saturated heterocycles. The van der Waals surface area contributed by atoms with Crippen LogP contribution in [0, 0.1) is 0 Å². The molecule has 104 valence electrons. The van der Waals surface area contributed by atoms with E-state index in [-0.39, 0.29) is 0 Å². The zero-order chi connectivity index (χ0) is 14.5. The number of nitrogens with zero attached hydrogens (tertiary/aromatic N) is 2. The van der Waals surface area contributed by atoms with E-state index in [1.165, 1.54) is 0 Å². The first-order chi connectivity index (χ1) is 10.4. The predicted octanol–water partition coefficient (Wildman–Crippen LogP) is 2.98. The number of nitrogens with one attached hydrogen (secondary N) is 1. The fraction of sp³-hybridized carbons (Fsp3) is 0.0588. The van der Waals surface area contributed by atoms with E-state index in [4.69, 9.17) is 5.84 Å². The second kappa shape index (κ2) is 6.05. The molecule has 1 heterocycles. The van der Waals surface area contributed by atoms with Crippen molar-refractivity contribution >= 4 is 5.71 Å². The molecule has 3 N–H and O–H groups in total. The number of hydrogen-bond donors (Lipinski definition) is 2. The van der Waals surface area contributed by atoms with Crippen LogP contribution < -0.4 is 5.84 Å². The Hall–Kier alpha value is -2.88. The fourth-order valence-electron chi connectivity index (χ4n) is 2.24. The first-order valence-corrected chi connectivity index (χ1v) is 6.78. The summed E-state index contributed by atoms with van der Waals surface area (Å²) in [7, 11) is 0. The SMILES string of the molecule is N/N=C(\Cc1cc(-c2ccccc2)n[nH]1)c1ccccc1. The summed E-state index contributed by atoms with van der Waals surface area (Å²) in [4.78, 5) is 0. The summed E-state index contributed by atoms with van der Waals surface area (Å²) in [5, 5.41) is 11.3. The summed E-state index contributed by atoms with van der Waals surface area (Å²) in [6.07, 6.45) is 0.625. The van der Waals surface area contributed by atoms with Gasteiger partial charge >= 0.3 is 0 Å². The van der Waals surface area contributed by atoms with E-state index < -0.39 is 0 Å². The molecule has 0 saturated carbocycles. The van der Waals surface area contributed by atoms with Gasteiger partial charge in [0.2, 0.25) is 0 Å². The van der Waals surface area contributed by atoms with Gasteiger partial charge in [0.05, 0.1) is 11.4 Å². The molecule has 21 heavy (non-hydrogen) atoms. The van der Waals surface area contributed by atoms with Crippen LogP contribution in [0.4, 0.5) is 0 Å². The molecule has 3 rings (SSSR count). The Labute approximate surface area is 123 Å². The molecule has 1 aromatic heterocycles. The number of nitrogens with two attached hydrogens (primary N) is 1. The molecule has 0 aliphatic rings. The smallest absolute Gasteiger partial charge is 0.0923 e. The average molecular weight is 276 g/mol. The lowest BCUT2D eigenvalue weighted by atomic mass is 10.1. The van der Waals surface area contributed by atoms with Crippen LogP contribution in [0.15, 0.2) is 71.8 Å². The third-order valence-electron chi connectivity index (χ3n) is 3.32. The summed E-state index contributed by atoms with van der Waals surface area (Å²) in [5.41, 5.74) is 4.86. The van der Waals surface area contributed by atoms with E-state index in [0.29, 0.717) is 6.42 Å². The number of benzene rings is 2. The topological polar surface area (TPSA) is 67.1 Å². The van der Waals surface area contributed by atoms with Crippen LogP contribution >= 0.6 is 0 Å². The van der Waals surface area contributed by atoms with Gasteiger partial charge < -0.3 is 5.84 Å². The van der Waals surface area contributed by atoms with Gasteiger partial charge in [0.15, 0.2) is 0 Å². The monoisotopic (exact) mass is 276 g/mol. The van der Waals surface area contributed by atoms with Gasteiger partial charge in [0.25, 0.3) is 0 Å². The number of rotatable bonds is 4. The van der Waals surface area contributed by atoms with Crippen LogP contribution in [0.3, 0.4) is 0 Å². The molecular weight excluding hydrogens is 260 g/mol. The zero-order valence-electron chi connectivity index (χ0n) is 11.5. The number of hydrogen-bond acceptors (Lipinski definition) is 3. The first-order valence-electron chi connectivity index (χ1n) is 6.78. The highest BCUT2D eigenvalue weighted by Gasteiger charge is 2.08. The highest BCUT2D eigenvalue weighted by Crippen LogP contribution is 2.17. The first kappa shape index (κ1) is 13.1. The Morgan fingerprint density at radius 1 is 1.00 bits per heavy atom. The molecule has 3 aromatic rings. The van der Waals surface area contributed by atoms with Gasteiger partial charge in [0, 0.05) is 17.7 Å². The minimum atomic E-state index is 0.625. The number of H-pyrrole nitrogens is 1. The Morgan fingerprint density at radius 3 is 2.33 bits per heavy atom. The molecular formula is C17H16N4. The van der Waals surface area contributed by atoms with E-state index in [1.54, 1.807) is 0 Å². The van der Waals surface area contributed by atoms with E-state index >= 15 is 0 Å². The lowest BCUT2D eigenvalue weighted by Gasteiger charge is -2.03. The van der Waals surface area contributed by atoms with Crippen LogP contribution in [0.1, 0.15) is 11.3 Å². The van der Waals surface area contributed by atoms with Crippen LogP contribution in [-0.2, 0) is 6.42 Å². The van der Waals surface area contributed by atoms with Gasteiger partial charge in [0.1, 0.15) is 0 Å². The molecule has 4 nitrogen and oxygen atoms in total.